The molecule has 2 N–H and O–H groups in total. The molecule has 21 heavy (non-hydrogen) atoms. The van der Waals surface area contributed by atoms with Gasteiger partial charge in [-0.25, -0.2) is 4.79 Å². The molecule has 0 bridgehead atoms. The highest BCUT2D eigenvalue weighted by Crippen LogP contribution is 2.35. The first-order chi connectivity index (χ1) is 9.51. The van der Waals surface area contributed by atoms with Crippen LogP contribution in [-0.2, 0) is 15.0 Å². The third kappa shape index (κ3) is 3.34. The topological polar surface area (TPSA) is 67.8 Å². The molecule has 1 heterocycles. The predicted octanol–water partition coefficient (Wildman–Crippen LogP) is 2.64. The first kappa shape index (κ1) is 16.1. The molecule has 0 atom stereocenters. The second-order valence-electron chi connectivity index (χ2n) is 6.50. The van der Waals surface area contributed by atoms with Crippen LogP contribution < -0.4 is 10.8 Å². The Hall–Kier alpha value is -1.24. The number of carbonyl (C=O) groups is 1. The number of benzene rings is 1. The maximum Gasteiger partial charge on any atom is 0.493 e. The molecule has 1 amide bonds. The molecule has 0 aromatic heterocycles. The SMILES string of the molecule is CC(C)(C)OC(=O)Nc1ccc2c(c1Cl)B(O)OC2(C)C. The van der Waals surface area contributed by atoms with Crippen LogP contribution in [0.3, 0.4) is 0 Å². The predicted molar refractivity (Wildman–Crippen MR) is 83.0 cm³/mol. The molecular formula is C14H19BClNO4. The number of hydrogen-bond donors (Lipinski definition) is 2. The number of ether oxygens (including phenoxy) is 1. The van der Waals surface area contributed by atoms with Gasteiger partial charge in [0.2, 0.25) is 0 Å². The van der Waals surface area contributed by atoms with E-state index in [1.807, 2.05) is 13.8 Å². The van der Waals surface area contributed by atoms with Crippen molar-refractivity contribution in [3.05, 3.63) is 22.7 Å². The minimum atomic E-state index is -1.11. The molecule has 2 rings (SSSR count). The van der Waals surface area contributed by atoms with Crippen molar-refractivity contribution in [2.24, 2.45) is 0 Å². The van der Waals surface area contributed by atoms with Crippen LogP contribution in [0.1, 0.15) is 40.2 Å². The number of fused-ring (bicyclic) bond motifs is 1. The third-order valence-electron chi connectivity index (χ3n) is 3.12. The van der Waals surface area contributed by atoms with Gasteiger partial charge < -0.3 is 14.4 Å². The number of halogens is 1. The lowest BCUT2D eigenvalue weighted by Crippen LogP contribution is -2.31. The Kier molecular flexibility index (Phi) is 3.99. The summed E-state index contributed by atoms with van der Waals surface area (Å²) < 4.78 is 10.6. The Morgan fingerprint density at radius 1 is 1.43 bits per heavy atom. The molecule has 0 unspecified atom stereocenters. The monoisotopic (exact) mass is 311 g/mol. The number of amides is 1. The molecule has 0 saturated heterocycles. The average molecular weight is 312 g/mol. The Morgan fingerprint density at radius 3 is 2.62 bits per heavy atom. The van der Waals surface area contributed by atoms with Crippen molar-refractivity contribution in [3.8, 4) is 0 Å². The highest BCUT2D eigenvalue weighted by molar-refractivity contribution is 6.66. The molecular weight excluding hydrogens is 292 g/mol. The van der Waals surface area contributed by atoms with E-state index in [-0.39, 0.29) is 5.02 Å². The Bertz CT molecular complexity index is 583. The Morgan fingerprint density at radius 2 is 2.05 bits per heavy atom. The van der Waals surface area contributed by atoms with Gasteiger partial charge in [-0.15, -0.1) is 0 Å². The average Bonchev–Trinajstić information content (AvgIpc) is 2.50. The van der Waals surface area contributed by atoms with E-state index in [9.17, 15) is 9.82 Å². The largest absolute Gasteiger partial charge is 0.493 e. The van der Waals surface area contributed by atoms with Crippen molar-refractivity contribution in [2.75, 3.05) is 5.32 Å². The molecule has 114 valence electrons. The fourth-order valence-electron chi connectivity index (χ4n) is 2.27. The van der Waals surface area contributed by atoms with Gasteiger partial charge in [0.15, 0.2) is 0 Å². The van der Waals surface area contributed by atoms with Gasteiger partial charge in [0.25, 0.3) is 0 Å². The fraction of sp³-hybridized carbons (Fsp3) is 0.500. The third-order valence-corrected chi connectivity index (χ3v) is 3.52. The lowest BCUT2D eigenvalue weighted by molar-refractivity contribution is 0.0636. The number of hydrogen-bond acceptors (Lipinski definition) is 4. The Balaban J connectivity index is 2.29. The lowest BCUT2D eigenvalue weighted by Gasteiger charge is -2.21. The molecule has 0 fully saturated rings. The van der Waals surface area contributed by atoms with Gasteiger partial charge in [-0.3, -0.25) is 5.32 Å². The smallest absolute Gasteiger partial charge is 0.444 e. The lowest BCUT2D eigenvalue weighted by atomic mass is 9.78. The van der Waals surface area contributed by atoms with E-state index in [1.165, 1.54) is 0 Å². The number of anilines is 1. The summed E-state index contributed by atoms with van der Waals surface area (Å²) in [6.07, 6.45) is -0.600. The summed E-state index contributed by atoms with van der Waals surface area (Å²) in [5.41, 5.74) is 0.441. The van der Waals surface area contributed by atoms with Gasteiger partial charge in [0.1, 0.15) is 5.60 Å². The molecule has 0 radical (unpaired) electrons. The van der Waals surface area contributed by atoms with Crippen molar-refractivity contribution < 1.29 is 19.2 Å². The maximum absolute atomic E-state index is 11.8. The summed E-state index contributed by atoms with van der Waals surface area (Å²) in [4.78, 5) is 11.8. The van der Waals surface area contributed by atoms with E-state index in [0.29, 0.717) is 11.2 Å². The van der Waals surface area contributed by atoms with E-state index in [2.05, 4.69) is 5.32 Å². The molecule has 0 spiro atoms. The maximum atomic E-state index is 11.8. The normalized spacial score (nSPS) is 16.6. The van der Waals surface area contributed by atoms with E-state index in [0.717, 1.165) is 5.56 Å². The van der Waals surface area contributed by atoms with Crippen LogP contribution in [0.25, 0.3) is 0 Å². The summed E-state index contributed by atoms with van der Waals surface area (Å²) in [7, 11) is -1.11. The second kappa shape index (κ2) is 5.19. The van der Waals surface area contributed by atoms with Crippen LogP contribution in [0, 0.1) is 0 Å². The zero-order valence-corrected chi connectivity index (χ0v) is 13.5. The molecule has 0 aliphatic carbocycles. The quantitative estimate of drug-likeness (QED) is 0.782. The van der Waals surface area contributed by atoms with Crippen molar-refractivity contribution >= 4 is 36.0 Å². The van der Waals surface area contributed by atoms with Crippen LogP contribution >= 0.6 is 11.6 Å². The van der Waals surface area contributed by atoms with Crippen molar-refractivity contribution in [3.63, 3.8) is 0 Å². The van der Waals surface area contributed by atoms with Crippen LogP contribution in [0.15, 0.2) is 12.1 Å². The van der Waals surface area contributed by atoms with Gasteiger partial charge in [-0.1, -0.05) is 17.7 Å². The Labute approximate surface area is 129 Å². The molecule has 1 aliphatic rings. The highest BCUT2D eigenvalue weighted by atomic mass is 35.5. The fourth-order valence-corrected chi connectivity index (χ4v) is 2.58. The minimum absolute atomic E-state index is 0.261. The van der Waals surface area contributed by atoms with Crippen molar-refractivity contribution in [1.29, 1.82) is 0 Å². The molecule has 7 heteroatoms. The van der Waals surface area contributed by atoms with Gasteiger partial charge in [0, 0.05) is 5.46 Å². The second-order valence-corrected chi connectivity index (χ2v) is 6.87. The molecule has 1 aromatic carbocycles. The summed E-state index contributed by atoms with van der Waals surface area (Å²) in [6, 6.07) is 3.46. The van der Waals surface area contributed by atoms with Gasteiger partial charge in [-0.05, 0) is 46.2 Å². The summed E-state index contributed by atoms with van der Waals surface area (Å²) in [5.74, 6) is 0. The zero-order chi connectivity index (χ0) is 16.0. The summed E-state index contributed by atoms with van der Waals surface area (Å²) in [5, 5.41) is 12.8. The standard InChI is InChI=1S/C14H19BClNO4/c1-13(2,3)20-12(18)17-9-7-6-8-10(11(9)16)15(19)21-14(8,4)5/h6-7,19H,1-5H3,(H,17,18). The number of rotatable bonds is 1. The molecule has 1 aromatic rings. The van der Waals surface area contributed by atoms with E-state index in [4.69, 9.17) is 21.0 Å². The first-order valence-electron chi connectivity index (χ1n) is 6.70. The molecule has 5 nitrogen and oxygen atoms in total. The summed E-state index contributed by atoms with van der Waals surface area (Å²) in [6.45, 7) is 9.02. The minimum Gasteiger partial charge on any atom is -0.444 e. The van der Waals surface area contributed by atoms with Crippen LogP contribution in [0.4, 0.5) is 10.5 Å². The van der Waals surface area contributed by atoms with Crippen LogP contribution in [0.5, 0.6) is 0 Å². The van der Waals surface area contributed by atoms with Crippen molar-refractivity contribution in [1.82, 2.24) is 0 Å². The van der Waals surface area contributed by atoms with Crippen LogP contribution in [-0.4, -0.2) is 23.8 Å². The van der Waals surface area contributed by atoms with Gasteiger partial charge in [0.05, 0.1) is 16.3 Å². The molecule has 1 aliphatic heterocycles. The van der Waals surface area contributed by atoms with E-state index >= 15 is 0 Å². The summed E-state index contributed by atoms with van der Waals surface area (Å²) >= 11 is 6.28. The van der Waals surface area contributed by atoms with E-state index < -0.39 is 24.4 Å². The highest BCUT2D eigenvalue weighted by Gasteiger charge is 2.42. The van der Waals surface area contributed by atoms with Gasteiger partial charge >= 0.3 is 13.2 Å². The number of carbonyl (C=O) groups excluding carboxylic acids is 1. The van der Waals surface area contributed by atoms with E-state index in [1.54, 1.807) is 32.9 Å². The van der Waals surface area contributed by atoms with Crippen LogP contribution in [0.2, 0.25) is 5.02 Å². The van der Waals surface area contributed by atoms with Crippen molar-refractivity contribution in [2.45, 2.75) is 45.8 Å². The van der Waals surface area contributed by atoms with Gasteiger partial charge in [-0.2, -0.15) is 0 Å². The zero-order valence-electron chi connectivity index (χ0n) is 12.8. The first-order valence-corrected chi connectivity index (χ1v) is 7.08. The number of nitrogens with one attached hydrogen (secondary N) is 1. The molecule has 0 saturated carbocycles.